The number of carbonyl (C=O) groups is 3. The fourth-order valence-electron chi connectivity index (χ4n) is 2.47. The SMILES string of the molecule is COc1cc(C)c(COC(=O)CN2C(=O)NC(C)(C)C2=O)cc1OC. The number of carbonyl (C=O) groups excluding carboxylic acids is 3. The minimum Gasteiger partial charge on any atom is -0.493 e. The van der Waals surface area contributed by atoms with Crippen molar-refractivity contribution in [1.29, 1.82) is 0 Å². The number of benzene rings is 1. The van der Waals surface area contributed by atoms with Crippen molar-refractivity contribution >= 4 is 17.9 Å². The van der Waals surface area contributed by atoms with Crippen molar-refractivity contribution < 1.29 is 28.6 Å². The maximum atomic E-state index is 12.1. The van der Waals surface area contributed by atoms with Gasteiger partial charge in [-0.2, -0.15) is 0 Å². The summed E-state index contributed by atoms with van der Waals surface area (Å²) in [6.07, 6.45) is 0. The number of hydrogen-bond donors (Lipinski definition) is 1. The van der Waals surface area contributed by atoms with Gasteiger partial charge in [0, 0.05) is 0 Å². The van der Waals surface area contributed by atoms with E-state index >= 15 is 0 Å². The molecular weight excluding hydrogens is 328 g/mol. The van der Waals surface area contributed by atoms with E-state index in [0.717, 1.165) is 16.0 Å². The highest BCUT2D eigenvalue weighted by Crippen LogP contribution is 2.30. The summed E-state index contributed by atoms with van der Waals surface area (Å²) < 4.78 is 15.6. The van der Waals surface area contributed by atoms with Gasteiger partial charge >= 0.3 is 12.0 Å². The molecule has 136 valence electrons. The third kappa shape index (κ3) is 3.84. The summed E-state index contributed by atoms with van der Waals surface area (Å²) >= 11 is 0. The van der Waals surface area contributed by atoms with Crippen LogP contribution in [-0.4, -0.2) is 49.1 Å². The average molecular weight is 350 g/mol. The van der Waals surface area contributed by atoms with Gasteiger partial charge < -0.3 is 19.5 Å². The number of nitrogens with zero attached hydrogens (tertiary/aromatic N) is 1. The Morgan fingerprint density at radius 3 is 2.28 bits per heavy atom. The highest BCUT2D eigenvalue weighted by atomic mass is 16.5. The molecule has 1 fully saturated rings. The van der Waals surface area contributed by atoms with Gasteiger partial charge in [0.2, 0.25) is 0 Å². The van der Waals surface area contributed by atoms with Crippen molar-refractivity contribution in [3.05, 3.63) is 23.3 Å². The van der Waals surface area contributed by atoms with Gasteiger partial charge in [0.25, 0.3) is 5.91 Å². The molecule has 1 aliphatic rings. The first-order valence-electron chi connectivity index (χ1n) is 7.71. The molecule has 0 unspecified atom stereocenters. The molecule has 3 amide bonds. The number of imide groups is 1. The minimum atomic E-state index is -1.02. The van der Waals surface area contributed by atoms with Crippen molar-refractivity contribution in [3.63, 3.8) is 0 Å². The number of hydrogen-bond acceptors (Lipinski definition) is 6. The maximum Gasteiger partial charge on any atom is 0.326 e. The molecule has 0 bridgehead atoms. The van der Waals surface area contributed by atoms with Crippen molar-refractivity contribution in [2.75, 3.05) is 20.8 Å². The Kier molecular flexibility index (Phi) is 5.20. The fraction of sp³-hybridized carbons (Fsp3) is 0.471. The first-order valence-corrected chi connectivity index (χ1v) is 7.71. The zero-order valence-corrected chi connectivity index (χ0v) is 15.0. The van der Waals surface area contributed by atoms with Gasteiger partial charge in [-0.05, 0) is 44.0 Å². The summed E-state index contributed by atoms with van der Waals surface area (Å²) in [4.78, 5) is 36.7. The van der Waals surface area contributed by atoms with Crippen LogP contribution in [0.25, 0.3) is 0 Å². The molecule has 8 heteroatoms. The van der Waals surface area contributed by atoms with Crippen LogP contribution in [0.2, 0.25) is 0 Å². The predicted molar refractivity (Wildman–Crippen MR) is 88.4 cm³/mol. The van der Waals surface area contributed by atoms with Crippen LogP contribution in [0, 0.1) is 6.92 Å². The quantitative estimate of drug-likeness (QED) is 0.615. The standard InChI is InChI=1S/C17H22N2O6/c1-10-6-12(23-4)13(24-5)7-11(10)9-25-14(20)8-19-15(21)17(2,3)18-16(19)22/h6-7H,8-9H2,1-5H3,(H,18,22). The van der Waals surface area contributed by atoms with Gasteiger partial charge in [-0.3, -0.25) is 14.5 Å². The van der Waals surface area contributed by atoms with Crippen LogP contribution >= 0.6 is 0 Å². The van der Waals surface area contributed by atoms with Crippen molar-refractivity contribution in [2.45, 2.75) is 32.9 Å². The normalized spacial score (nSPS) is 15.8. The van der Waals surface area contributed by atoms with E-state index in [9.17, 15) is 14.4 Å². The zero-order valence-electron chi connectivity index (χ0n) is 15.0. The number of urea groups is 1. The number of esters is 1. The first kappa shape index (κ1) is 18.6. The van der Waals surface area contributed by atoms with Crippen LogP contribution in [0.1, 0.15) is 25.0 Å². The Morgan fingerprint density at radius 1 is 1.16 bits per heavy atom. The monoisotopic (exact) mass is 350 g/mol. The molecule has 25 heavy (non-hydrogen) atoms. The van der Waals surface area contributed by atoms with Crippen molar-refractivity contribution in [2.24, 2.45) is 0 Å². The van der Waals surface area contributed by atoms with Crippen LogP contribution in [0.3, 0.4) is 0 Å². The molecule has 1 heterocycles. The second-order valence-electron chi connectivity index (χ2n) is 6.24. The number of nitrogens with one attached hydrogen (secondary N) is 1. The summed E-state index contributed by atoms with van der Waals surface area (Å²) in [7, 11) is 3.05. The molecule has 2 rings (SSSR count). The van der Waals surface area contributed by atoms with E-state index in [1.54, 1.807) is 26.0 Å². The third-order valence-electron chi connectivity index (χ3n) is 3.96. The Labute approximate surface area is 146 Å². The Hall–Kier alpha value is -2.77. The number of ether oxygens (including phenoxy) is 3. The summed E-state index contributed by atoms with van der Waals surface area (Å²) in [6.45, 7) is 4.57. The fourth-order valence-corrected chi connectivity index (χ4v) is 2.47. The molecule has 8 nitrogen and oxygen atoms in total. The molecule has 0 atom stereocenters. The number of rotatable bonds is 6. The Morgan fingerprint density at radius 2 is 1.76 bits per heavy atom. The highest BCUT2D eigenvalue weighted by molar-refractivity contribution is 6.08. The maximum absolute atomic E-state index is 12.1. The van der Waals surface area contributed by atoms with Crippen LogP contribution in [0.4, 0.5) is 4.79 Å². The van der Waals surface area contributed by atoms with Crippen LogP contribution < -0.4 is 14.8 Å². The number of amides is 3. The Bertz CT molecular complexity index is 713. The molecule has 0 saturated carbocycles. The van der Waals surface area contributed by atoms with Crippen LogP contribution in [-0.2, 0) is 20.9 Å². The predicted octanol–water partition coefficient (Wildman–Crippen LogP) is 1.39. The summed E-state index contributed by atoms with van der Waals surface area (Å²) in [5.41, 5.74) is 0.585. The molecule has 0 spiro atoms. The number of methoxy groups -OCH3 is 2. The summed E-state index contributed by atoms with van der Waals surface area (Å²) in [5.74, 6) is -0.0289. The van der Waals surface area contributed by atoms with E-state index in [1.807, 2.05) is 6.92 Å². The van der Waals surface area contributed by atoms with Gasteiger partial charge in [0.05, 0.1) is 14.2 Å². The molecule has 1 N–H and O–H groups in total. The highest BCUT2D eigenvalue weighted by Gasteiger charge is 2.45. The molecule has 1 aliphatic heterocycles. The second-order valence-corrected chi connectivity index (χ2v) is 6.24. The summed E-state index contributed by atoms with van der Waals surface area (Å²) in [5, 5.41) is 2.51. The van der Waals surface area contributed by atoms with E-state index < -0.39 is 30.0 Å². The molecule has 1 aromatic carbocycles. The lowest BCUT2D eigenvalue weighted by molar-refractivity contribution is -0.148. The van der Waals surface area contributed by atoms with E-state index in [-0.39, 0.29) is 6.61 Å². The number of aryl methyl sites for hydroxylation is 1. The second kappa shape index (κ2) is 7.00. The van der Waals surface area contributed by atoms with Gasteiger partial charge in [0.1, 0.15) is 18.7 Å². The Balaban J connectivity index is 2.01. The van der Waals surface area contributed by atoms with E-state index in [2.05, 4.69) is 5.32 Å². The smallest absolute Gasteiger partial charge is 0.326 e. The van der Waals surface area contributed by atoms with E-state index in [1.165, 1.54) is 14.2 Å². The molecule has 1 aromatic rings. The molecular formula is C17H22N2O6. The summed E-state index contributed by atoms with van der Waals surface area (Å²) in [6, 6.07) is 2.90. The van der Waals surface area contributed by atoms with Gasteiger partial charge in [-0.25, -0.2) is 4.79 Å². The topological polar surface area (TPSA) is 94.2 Å². The van der Waals surface area contributed by atoms with Crippen molar-refractivity contribution in [1.82, 2.24) is 10.2 Å². The lowest BCUT2D eigenvalue weighted by atomic mass is 10.1. The molecule has 0 aliphatic carbocycles. The largest absolute Gasteiger partial charge is 0.493 e. The van der Waals surface area contributed by atoms with Gasteiger partial charge in [-0.15, -0.1) is 0 Å². The zero-order chi connectivity index (χ0) is 18.8. The molecule has 0 aromatic heterocycles. The lowest BCUT2D eigenvalue weighted by Crippen LogP contribution is -2.41. The van der Waals surface area contributed by atoms with Gasteiger partial charge in [0.15, 0.2) is 11.5 Å². The third-order valence-corrected chi connectivity index (χ3v) is 3.96. The minimum absolute atomic E-state index is 0.00192. The lowest BCUT2D eigenvalue weighted by Gasteiger charge is -2.16. The van der Waals surface area contributed by atoms with E-state index in [0.29, 0.717) is 11.5 Å². The molecule has 0 radical (unpaired) electrons. The van der Waals surface area contributed by atoms with Crippen molar-refractivity contribution in [3.8, 4) is 11.5 Å². The van der Waals surface area contributed by atoms with Crippen LogP contribution in [0.5, 0.6) is 11.5 Å². The van der Waals surface area contributed by atoms with E-state index in [4.69, 9.17) is 14.2 Å². The average Bonchev–Trinajstić information content (AvgIpc) is 2.75. The molecule has 1 saturated heterocycles. The van der Waals surface area contributed by atoms with Gasteiger partial charge in [-0.1, -0.05) is 0 Å². The first-order chi connectivity index (χ1) is 11.7. The van der Waals surface area contributed by atoms with Crippen LogP contribution in [0.15, 0.2) is 12.1 Å².